The molecule has 13 heavy (non-hydrogen) atoms. The van der Waals surface area contributed by atoms with Crippen LogP contribution in [0.25, 0.3) is 0 Å². The summed E-state index contributed by atoms with van der Waals surface area (Å²) in [5, 5.41) is 3.28. The predicted octanol–water partition coefficient (Wildman–Crippen LogP) is 2.88. The van der Waals surface area contributed by atoms with Gasteiger partial charge in [0.25, 0.3) is 0 Å². The fraction of sp³-hybridized carbons (Fsp3) is 0.700. The summed E-state index contributed by atoms with van der Waals surface area (Å²) >= 11 is 1.73. The van der Waals surface area contributed by atoms with E-state index in [1.165, 1.54) is 5.01 Å². The lowest BCUT2D eigenvalue weighted by molar-refractivity contribution is 0.182. The maximum absolute atomic E-state index is 5.02. The number of methoxy groups -OCH3 is 1. The van der Waals surface area contributed by atoms with Gasteiger partial charge in [0.15, 0.2) is 0 Å². The molecule has 0 aliphatic carbocycles. The highest BCUT2D eigenvalue weighted by molar-refractivity contribution is 7.09. The van der Waals surface area contributed by atoms with Crippen LogP contribution in [-0.2, 0) is 17.8 Å². The van der Waals surface area contributed by atoms with Crippen LogP contribution in [0.1, 0.15) is 31.5 Å². The van der Waals surface area contributed by atoms with E-state index in [9.17, 15) is 0 Å². The van der Waals surface area contributed by atoms with E-state index < -0.39 is 0 Å². The molecule has 2 nitrogen and oxygen atoms in total. The van der Waals surface area contributed by atoms with Gasteiger partial charge in [-0.25, -0.2) is 4.98 Å². The summed E-state index contributed by atoms with van der Waals surface area (Å²) < 4.78 is 5.02. The quantitative estimate of drug-likeness (QED) is 0.746. The van der Waals surface area contributed by atoms with Crippen LogP contribution in [0, 0.1) is 5.41 Å². The Labute approximate surface area is 84.0 Å². The van der Waals surface area contributed by atoms with Crippen molar-refractivity contribution in [2.24, 2.45) is 5.41 Å². The molecule has 0 aliphatic heterocycles. The average molecular weight is 199 g/mol. The lowest BCUT2D eigenvalue weighted by Gasteiger charge is -2.15. The van der Waals surface area contributed by atoms with E-state index >= 15 is 0 Å². The van der Waals surface area contributed by atoms with Crippen LogP contribution in [0.5, 0.6) is 0 Å². The lowest BCUT2D eigenvalue weighted by atomic mass is 9.93. The summed E-state index contributed by atoms with van der Waals surface area (Å²) in [6, 6.07) is 0. The Morgan fingerprint density at radius 2 is 2.15 bits per heavy atom. The fourth-order valence-corrected chi connectivity index (χ4v) is 2.18. The molecule has 0 amide bonds. The monoisotopic (exact) mass is 199 g/mol. The highest BCUT2D eigenvalue weighted by atomic mass is 32.1. The standard InChI is InChI=1S/C10H17NOS/c1-10(2,3)5-9-11-8(6-12-4)7-13-9/h7H,5-6H2,1-4H3. The second-order valence-corrected chi connectivity index (χ2v) is 5.35. The number of aromatic nitrogens is 1. The molecule has 0 radical (unpaired) electrons. The van der Waals surface area contributed by atoms with Crippen molar-refractivity contribution in [3.05, 3.63) is 16.1 Å². The van der Waals surface area contributed by atoms with Gasteiger partial charge in [-0.1, -0.05) is 20.8 Å². The molecule has 74 valence electrons. The largest absolute Gasteiger partial charge is 0.378 e. The summed E-state index contributed by atoms with van der Waals surface area (Å²) in [6.45, 7) is 7.31. The van der Waals surface area contributed by atoms with E-state index in [0.717, 1.165) is 12.1 Å². The van der Waals surface area contributed by atoms with Crippen molar-refractivity contribution in [1.29, 1.82) is 0 Å². The molecule has 0 unspecified atom stereocenters. The van der Waals surface area contributed by atoms with Gasteiger partial charge in [0.2, 0.25) is 0 Å². The van der Waals surface area contributed by atoms with Crippen molar-refractivity contribution in [2.75, 3.05) is 7.11 Å². The Morgan fingerprint density at radius 1 is 1.46 bits per heavy atom. The van der Waals surface area contributed by atoms with Gasteiger partial charge in [-0.15, -0.1) is 11.3 Å². The molecule has 0 atom stereocenters. The first-order chi connectivity index (χ1) is 6.01. The summed E-state index contributed by atoms with van der Waals surface area (Å²) in [5.74, 6) is 0. The molecule has 1 heterocycles. The molecule has 0 bridgehead atoms. The number of nitrogens with zero attached hydrogens (tertiary/aromatic N) is 1. The van der Waals surface area contributed by atoms with Crippen molar-refractivity contribution >= 4 is 11.3 Å². The van der Waals surface area contributed by atoms with Crippen LogP contribution in [0.4, 0.5) is 0 Å². The second-order valence-electron chi connectivity index (χ2n) is 4.40. The molecule has 0 aromatic carbocycles. The number of thiazole rings is 1. The summed E-state index contributed by atoms with van der Waals surface area (Å²) in [6.07, 6.45) is 1.04. The van der Waals surface area contributed by atoms with Crippen molar-refractivity contribution in [3.8, 4) is 0 Å². The highest BCUT2D eigenvalue weighted by Crippen LogP contribution is 2.22. The summed E-state index contributed by atoms with van der Waals surface area (Å²) in [7, 11) is 1.70. The third-order valence-electron chi connectivity index (χ3n) is 1.57. The molecular formula is C10H17NOS. The van der Waals surface area contributed by atoms with Gasteiger partial charge in [0, 0.05) is 18.9 Å². The van der Waals surface area contributed by atoms with Crippen molar-refractivity contribution in [2.45, 2.75) is 33.8 Å². The number of rotatable bonds is 3. The first-order valence-electron chi connectivity index (χ1n) is 4.43. The second kappa shape index (κ2) is 4.20. The van der Waals surface area contributed by atoms with Crippen LogP contribution < -0.4 is 0 Å². The number of hydrogen-bond donors (Lipinski definition) is 0. The van der Waals surface area contributed by atoms with Gasteiger partial charge in [-0.2, -0.15) is 0 Å². The third-order valence-corrected chi connectivity index (χ3v) is 2.47. The van der Waals surface area contributed by atoms with Gasteiger partial charge >= 0.3 is 0 Å². The van der Waals surface area contributed by atoms with Crippen LogP contribution >= 0.6 is 11.3 Å². The minimum absolute atomic E-state index is 0.322. The predicted molar refractivity (Wildman–Crippen MR) is 56.0 cm³/mol. The zero-order valence-corrected chi connectivity index (χ0v) is 9.57. The van der Waals surface area contributed by atoms with Crippen molar-refractivity contribution < 1.29 is 4.74 Å². The zero-order valence-electron chi connectivity index (χ0n) is 8.76. The lowest BCUT2D eigenvalue weighted by Crippen LogP contribution is -2.08. The minimum atomic E-state index is 0.322. The summed E-state index contributed by atoms with van der Waals surface area (Å²) in [4.78, 5) is 4.48. The fourth-order valence-electron chi connectivity index (χ4n) is 1.10. The highest BCUT2D eigenvalue weighted by Gasteiger charge is 2.13. The molecule has 1 aromatic heterocycles. The van der Waals surface area contributed by atoms with Gasteiger partial charge < -0.3 is 4.74 Å². The molecule has 0 aliphatic rings. The first kappa shape index (κ1) is 10.7. The maximum atomic E-state index is 5.02. The van der Waals surface area contributed by atoms with E-state index in [4.69, 9.17) is 4.74 Å². The Kier molecular flexibility index (Phi) is 3.45. The van der Waals surface area contributed by atoms with E-state index in [2.05, 4.69) is 31.1 Å². The minimum Gasteiger partial charge on any atom is -0.378 e. The molecule has 3 heteroatoms. The molecule has 0 saturated heterocycles. The molecular weight excluding hydrogens is 182 g/mol. The Bertz CT molecular complexity index is 262. The van der Waals surface area contributed by atoms with E-state index in [1.54, 1.807) is 18.4 Å². The van der Waals surface area contributed by atoms with Crippen LogP contribution in [-0.4, -0.2) is 12.1 Å². The molecule has 0 saturated carbocycles. The van der Waals surface area contributed by atoms with Crippen LogP contribution in [0.15, 0.2) is 5.38 Å². The zero-order chi connectivity index (χ0) is 9.90. The maximum Gasteiger partial charge on any atom is 0.0934 e. The Hall–Kier alpha value is -0.410. The van der Waals surface area contributed by atoms with E-state index in [-0.39, 0.29) is 0 Å². The molecule has 0 spiro atoms. The Balaban J connectivity index is 2.59. The SMILES string of the molecule is COCc1csc(CC(C)(C)C)n1. The molecule has 1 aromatic rings. The smallest absolute Gasteiger partial charge is 0.0934 e. The van der Waals surface area contributed by atoms with Crippen molar-refractivity contribution in [3.63, 3.8) is 0 Å². The number of hydrogen-bond acceptors (Lipinski definition) is 3. The van der Waals surface area contributed by atoms with E-state index in [1.807, 2.05) is 0 Å². The average Bonchev–Trinajstić information content (AvgIpc) is 2.33. The molecule has 0 fully saturated rings. The van der Waals surface area contributed by atoms with E-state index in [0.29, 0.717) is 12.0 Å². The third kappa shape index (κ3) is 3.87. The Morgan fingerprint density at radius 3 is 2.69 bits per heavy atom. The van der Waals surface area contributed by atoms with Gasteiger partial charge in [0.05, 0.1) is 17.3 Å². The normalized spacial score (nSPS) is 12.0. The van der Waals surface area contributed by atoms with Crippen LogP contribution in [0.2, 0.25) is 0 Å². The first-order valence-corrected chi connectivity index (χ1v) is 5.31. The molecule has 0 N–H and O–H groups in total. The summed E-state index contributed by atoms with van der Waals surface area (Å²) in [5.41, 5.74) is 1.37. The van der Waals surface area contributed by atoms with Gasteiger partial charge in [0.1, 0.15) is 0 Å². The number of ether oxygens (including phenoxy) is 1. The van der Waals surface area contributed by atoms with Gasteiger partial charge in [-0.3, -0.25) is 0 Å². The van der Waals surface area contributed by atoms with Crippen LogP contribution in [0.3, 0.4) is 0 Å². The van der Waals surface area contributed by atoms with Gasteiger partial charge in [-0.05, 0) is 5.41 Å². The topological polar surface area (TPSA) is 22.1 Å². The molecule has 1 rings (SSSR count). The van der Waals surface area contributed by atoms with Crippen molar-refractivity contribution in [1.82, 2.24) is 4.98 Å².